The number of methoxy groups -OCH3 is 2. The molecule has 0 saturated heterocycles. The molecule has 0 aliphatic rings. The fourth-order valence-corrected chi connectivity index (χ4v) is 3.74. The molecule has 2 aromatic carbocycles. The molecule has 0 aromatic heterocycles. The lowest BCUT2D eigenvalue weighted by Crippen LogP contribution is -2.29. The van der Waals surface area contributed by atoms with Crippen LogP contribution in [0.3, 0.4) is 0 Å². The molecule has 8 heteroatoms. The third kappa shape index (κ3) is 5.20. The van der Waals surface area contributed by atoms with Crippen molar-refractivity contribution in [3.8, 4) is 11.5 Å². The van der Waals surface area contributed by atoms with Gasteiger partial charge in [-0.05, 0) is 55.3 Å². The van der Waals surface area contributed by atoms with E-state index in [1.807, 2.05) is 25.1 Å². The van der Waals surface area contributed by atoms with E-state index in [1.165, 1.54) is 11.4 Å². The van der Waals surface area contributed by atoms with E-state index in [9.17, 15) is 13.2 Å². The van der Waals surface area contributed by atoms with Gasteiger partial charge in [0.1, 0.15) is 0 Å². The van der Waals surface area contributed by atoms with Gasteiger partial charge in [0.05, 0.1) is 31.7 Å². The Morgan fingerprint density at radius 3 is 2.17 bits per heavy atom. The van der Waals surface area contributed by atoms with E-state index in [0.717, 1.165) is 5.56 Å². The number of anilines is 1. The fourth-order valence-electron chi connectivity index (χ4n) is 2.91. The van der Waals surface area contributed by atoms with Crippen molar-refractivity contribution in [1.29, 1.82) is 0 Å². The van der Waals surface area contributed by atoms with Gasteiger partial charge in [-0.1, -0.05) is 13.0 Å². The molecule has 158 valence electrons. The maximum absolute atomic E-state index is 12.7. The van der Waals surface area contributed by atoms with Crippen LogP contribution in [0.5, 0.6) is 11.5 Å². The van der Waals surface area contributed by atoms with Gasteiger partial charge in [-0.2, -0.15) is 0 Å². The van der Waals surface area contributed by atoms with Crippen molar-refractivity contribution in [3.05, 3.63) is 53.6 Å². The Bertz CT molecular complexity index is 942. The molecule has 0 fully saturated rings. The minimum absolute atomic E-state index is 0.00917. The molecular weight excluding hydrogens is 392 g/mol. The van der Waals surface area contributed by atoms with E-state index in [2.05, 4.69) is 5.32 Å². The van der Waals surface area contributed by atoms with Crippen LogP contribution in [0.2, 0.25) is 0 Å². The van der Waals surface area contributed by atoms with Crippen molar-refractivity contribution < 1.29 is 22.7 Å². The minimum atomic E-state index is -3.35. The van der Waals surface area contributed by atoms with Crippen LogP contribution < -0.4 is 19.1 Å². The second-order valence-electron chi connectivity index (χ2n) is 6.46. The van der Waals surface area contributed by atoms with Crippen LogP contribution in [0.15, 0.2) is 42.5 Å². The van der Waals surface area contributed by atoms with Gasteiger partial charge in [-0.25, -0.2) is 8.42 Å². The molecule has 0 heterocycles. The first-order valence-electron chi connectivity index (χ1n) is 9.36. The summed E-state index contributed by atoms with van der Waals surface area (Å²) < 4.78 is 35.8. The Morgan fingerprint density at radius 2 is 1.66 bits per heavy atom. The average Bonchev–Trinajstić information content (AvgIpc) is 2.76. The molecular formula is C21H28N2O5S. The second kappa shape index (κ2) is 9.65. The van der Waals surface area contributed by atoms with Crippen LogP contribution in [0, 0.1) is 0 Å². The van der Waals surface area contributed by atoms with Crippen LogP contribution in [-0.4, -0.2) is 41.3 Å². The highest BCUT2D eigenvalue weighted by molar-refractivity contribution is 7.92. The topological polar surface area (TPSA) is 84.9 Å². The molecule has 0 aliphatic heterocycles. The van der Waals surface area contributed by atoms with Gasteiger partial charge in [-0.3, -0.25) is 9.10 Å². The Morgan fingerprint density at radius 1 is 1.03 bits per heavy atom. The van der Waals surface area contributed by atoms with Crippen molar-refractivity contribution in [1.82, 2.24) is 5.32 Å². The SMILES string of the molecule is CCC(NC(=O)c1ccc(N(C)S(=O)(=O)CC)cc1)c1ccc(OC)c(OC)c1. The monoisotopic (exact) mass is 420 g/mol. The third-order valence-electron chi connectivity index (χ3n) is 4.80. The van der Waals surface area contributed by atoms with Crippen molar-refractivity contribution in [2.75, 3.05) is 31.3 Å². The summed E-state index contributed by atoms with van der Waals surface area (Å²) >= 11 is 0. The fraction of sp³-hybridized carbons (Fsp3) is 0.381. The zero-order chi connectivity index (χ0) is 21.6. The molecule has 0 spiro atoms. The molecule has 0 saturated carbocycles. The molecule has 1 N–H and O–H groups in total. The van der Waals surface area contributed by atoms with E-state index in [-0.39, 0.29) is 17.7 Å². The van der Waals surface area contributed by atoms with Gasteiger partial charge in [0.25, 0.3) is 5.91 Å². The van der Waals surface area contributed by atoms with Gasteiger partial charge >= 0.3 is 0 Å². The number of nitrogens with zero attached hydrogens (tertiary/aromatic N) is 1. The lowest BCUT2D eigenvalue weighted by molar-refractivity contribution is 0.0935. The van der Waals surface area contributed by atoms with E-state index in [0.29, 0.717) is 29.2 Å². The van der Waals surface area contributed by atoms with E-state index in [1.54, 1.807) is 45.4 Å². The van der Waals surface area contributed by atoms with E-state index >= 15 is 0 Å². The number of amides is 1. The van der Waals surface area contributed by atoms with Crippen molar-refractivity contribution >= 4 is 21.6 Å². The van der Waals surface area contributed by atoms with Crippen LogP contribution >= 0.6 is 0 Å². The number of carbonyl (C=O) groups is 1. The van der Waals surface area contributed by atoms with Gasteiger partial charge in [0.2, 0.25) is 10.0 Å². The van der Waals surface area contributed by atoms with Crippen LogP contribution in [0.1, 0.15) is 42.2 Å². The Balaban J connectivity index is 2.18. The maximum Gasteiger partial charge on any atom is 0.251 e. The number of hydrogen-bond donors (Lipinski definition) is 1. The number of ether oxygens (including phenoxy) is 2. The summed E-state index contributed by atoms with van der Waals surface area (Å²) in [4.78, 5) is 12.7. The largest absolute Gasteiger partial charge is 0.493 e. The number of carbonyl (C=O) groups excluding carboxylic acids is 1. The van der Waals surface area contributed by atoms with Crippen molar-refractivity contribution in [3.63, 3.8) is 0 Å². The summed E-state index contributed by atoms with van der Waals surface area (Å²) in [5.41, 5.74) is 1.87. The van der Waals surface area contributed by atoms with Crippen LogP contribution in [0.25, 0.3) is 0 Å². The molecule has 2 rings (SSSR count). The average molecular weight is 421 g/mol. The summed E-state index contributed by atoms with van der Waals surface area (Å²) in [6, 6.07) is 11.8. The first-order valence-corrected chi connectivity index (χ1v) is 11.0. The zero-order valence-electron chi connectivity index (χ0n) is 17.4. The molecule has 29 heavy (non-hydrogen) atoms. The van der Waals surface area contributed by atoms with E-state index in [4.69, 9.17) is 9.47 Å². The highest BCUT2D eigenvalue weighted by Crippen LogP contribution is 2.31. The summed E-state index contributed by atoms with van der Waals surface area (Å²) in [5.74, 6) is 0.996. The number of rotatable bonds is 9. The number of benzene rings is 2. The van der Waals surface area contributed by atoms with Crippen LogP contribution in [-0.2, 0) is 10.0 Å². The Labute approximate surface area is 172 Å². The molecule has 0 radical (unpaired) electrons. The third-order valence-corrected chi connectivity index (χ3v) is 6.57. The molecule has 1 atom stereocenters. The first kappa shape index (κ1) is 22.5. The smallest absolute Gasteiger partial charge is 0.251 e. The van der Waals surface area contributed by atoms with Gasteiger partial charge < -0.3 is 14.8 Å². The highest BCUT2D eigenvalue weighted by Gasteiger charge is 2.18. The molecule has 7 nitrogen and oxygen atoms in total. The highest BCUT2D eigenvalue weighted by atomic mass is 32.2. The lowest BCUT2D eigenvalue weighted by atomic mass is 10.0. The molecule has 0 bridgehead atoms. The Kier molecular flexibility index (Phi) is 7.50. The van der Waals surface area contributed by atoms with Gasteiger partial charge in [-0.15, -0.1) is 0 Å². The quantitative estimate of drug-likeness (QED) is 0.672. The second-order valence-corrected chi connectivity index (χ2v) is 8.75. The number of hydrogen-bond acceptors (Lipinski definition) is 5. The van der Waals surface area contributed by atoms with E-state index < -0.39 is 10.0 Å². The minimum Gasteiger partial charge on any atom is -0.493 e. The van der Waals surface area contributed by atoms with Gasteiger partial charge in [0.15, 0.2) is 11.5 Å². The maximum atomic E-state index is 12.7. The first-order chi connectivity index (χ1) is 13.8. The van der Waals surface area contributed by atoms with Crippen LogP contribution in [0.4, 0.5) is 5.69 Å². The Hall–Kier alpha value is -2.74. The molecule has 2 aromatic rings. The summed E-state index contributed by atoms with van der Waals surface area (Å²) in [7, 11) is 1.29. The zero-order valence-corrected chi connectivity index (χ0v) is 18.2. The lowest BCUT2D eigenvalue weighted by Gasteiger charge is -2.20. The molecule has 0 aliphatic carbocycles. The summed E-state index contributed by atoms with van der Waals surface area (Å²) in [5, 5.41) is 3.01. The number of sulfonamides is 1. The molecule has 1 unspecified atom stereocenters. The molecule has 1 amide bonds. The predicted molar refractivity (Wildman–Crippen MR) is 114 cm³/mol. The standard InChI is InChI=1S/C21H28N2O5S/c1-6-18(16-10-13-19(27-4)20(14-16)28-5)22-21(24)15-8-11-17(12-9-15)23(3)29(25,26)7-2/h8-14,18H,6-7H2,1-5H3,(H,22,24). The number of nitrogens with one attached hydrogen (secondary N) is 1. The summed E-state index contributed by atoms with van der Waals surface area (Å²) in [6.07, 6.45) is 0.691. The summed E-state index contributed by atoms with van der Waals surface area (Å²) in [6.45, 7) is 3.57. The van der Waals surface area contributed by atoms with Crippen molar-refractivity contribution in [2.24, 2.45) is 0 Å². The normalized spacial score (nSPS) is 12.2. The van der Waals surface area contributed by atoms with Crippen molar-refractivity contribution in [2.45, 2.75) is 26.3 Å². The predicted octanol–water partition coefficient (Wildman–Crippen LogP) is 3.37. The van der Waals surface area contributed by atoms with Gasteiger partial charge in [0, 0.05) is 12.6 Å².